The second-order valence-corrected chi connectivity index (χ2v) is 4.79. The molecule has 1 aliphatic heterocycles. The Balaban J connectivity index is 2.31. The summed E-state index contributed by atoms with van der Waals surface area (Å²) >= 11 is 0. The Morgan fingerprint density at radius 2 is 1.94 bits per heavy atom. The van der Waals surface area contributed by atoms with Gasteiger partial charge in [-0.1, -0.05) is 0 Å². The summed E-state index contributed by atoms with van der Waals surface area (Å²) in [5, 5.41) is 3.45. The lowest BCUT2D eigenvalue weighted by Gasteiger charge is -2.23. The molecule has 0 amide bonds. The number of ether oxygens (including phenoxy) is 2. The Morgan fingerprint density at radius 3 is 2.50 bits per heavy atom. The summed E-state index contributed by atoms with van der Waals surface area (Å²) in [5.41, 5.74) is 8.64. The van der Waals surface area contributed by atoms with Crippen LogP contribution < -0.4 is 20.5 Å². The van der Waals surface area contributed by atoms with Crippen LogP contribution in [0.4, 0.5) is 0 Å². The molecule has 1 aromatic rings. The van der Waals surface area contributed by atoms with Gasteiger partial charge in [-0.2, -0.15) is 0 Å². The minimum Gasteiger partial charge on any atom is -0.493 e. The Kier molecular flexibility index (Phi) is 4.09. The van der Waals surface area contributed by atoms with Gasteiger partial charge in [-0.05, 0) is 49.6 Å². The lowest BCUT2D eigenvalue weighted by atomic mass is 9.94. The summed E-state index contributed by atoms with van der Waals surface area (Å²) in [4.78, 5) is 0. The topological polar surface area (TPSA) is 56.5 Å². The highest BCUT2D eigenvalue weighted by atomic mass is 16.5. The van der Waals surface area contributed by atoms with Crippen LogP contribution in [0.5, 0.6) is 11.5 Å². The van der Waals surface area contributed by atoms with Crippen molar-refractivity contribution < 1.29 is 9.47 Å². The second kappa shape index (κ2) is 5.59. The molecule has 0 bridgehead atoms. The first-order valence-electron chi connectivity index (χ1n) is 6.39. The van der Waals surface area contributed by atoms with Crippen molar-refractivity contribution >= 4 is 0 Å². The van der Waals surface area contributed by atoms with E-state index in [2.05, 4.69) is 12.2 Å². The molecule has 2 atom stereocenters. The van der Waals surface area contributed by atoms with Gasteiger partial charge < -0.3 is 20.5 Å². The van der Waals surface area contributed by atoms with E-state index in [-0.39, 0.29) is 6.04 Å². The van der Waals surface area contributed by atoms with E-state index in [0.29, 0.717) is 6.04 Å². The molecule has 18 heavy (non-hydrogen) atoms. The van der Waals surface area contributed by atoms with Gasteiger partial charge in [0.25, 0.3) is 0 Å². The average Bonchev–Trinajstić information content (AvgIpc) is 2.91. The molecule has 0 aromatic heterocycles. The molecule has 4 nitrogen and oxygen atoms in total. The number of methoxy groups -OCH3 is 2. The third kappa shape index (κ3) is 2.44. The van der Waals surface area contributed by atoms with Crippen LogP contribution in [-0.2, 0) is 0 Å². The van der Waals surface area contributed by atoms with E-state index in [1.54, 1.807) is 14.2 Å². The number of rotatable bonds is 4. The van der Waals surface area contributed by atoms with E-state index < -0.39 is 0 Å². The van der Waals surface area contributed by atoms with Crippen LogP contribution in [0.2, 0.25) is 0 Å². The normalized spacial score (nSPS) is 20.8. The van der Waals surface area contributed by atoms with Crippen molar-refractivity contribution in [1.82, 2.24) is 5.32 Å². The summed E-state index contributed by atoms with van der Waals surface area (Å²) in [5.74, 6) is 1.50. The molecular formula is C14H22N2O2. The van der Waals surface area contributed by atoms with Gasteiger partial charge >= 0.3 is 0 Å². The highest BCUT2D eigenvalue weighted by Crippen LogP contribution is 2.34. The van der Waals surface area contributed by atoms with Gasteiger partial charge in [0.1, 0.15) is 0 Å². The van der Waals surface area contributed by atoms with E-state index in [1.165, 1.54) is 6.42 Å². The van der Waals surface area contributed by atoms with Crippen LogP contribution in [0.25, 0.3) is 0 Å². The van der Waals surface area contributed by atoms with Gasteiger partial charge in [0.15, 0.2) is 11.5 Å². The standard InChI is InChI=1S/C14H22N2O2/c1-9-7-12(17-2)13(18-3)8-10(9)14(15)11-5-4-6-16-11/h7-8,11,14,16H,4-6,15H2,1-3H3. The molecule has 0 radical (unpaired) electrons. The van der Waals surface area contributed by atoms with E-state index in [9.17, 15) is 0 Å². The fourth-order valence-electron chi connectivity index (χ4n) is 2.59. The van der Waals surface area contributed by atoms with Gasteiger partial charge in [0, 0.05) is 12.1 Å². The van der Waals surface area contributed by atoms with E-state index in [0.717, 1.165) is 35.6 Å². The fraction of sp³-hybridized carbons (Fsp3) is 0.571. The third-order valence-electron chi connectivity index (χ3n) is 3.66. The van der Waals surface area contributed by atoms with Crippen LogP contribution in [0.1, 0.15) is 30.0 Å². The lowest BCUT2D eigenvalue weighted by Crippen LogP contribution is -2.34. The maximum atomic E-state index is 6.36. The van der Waals surface area contributed by atoms with Crippen LogP contribution in [0.3, 0.4) is 0 Å². The zero-order valence-electron chi connectivity index (χ0n) is 11.3. The number of aryl methyl sites for hydroxylation is 1. The summed E-state index contributed by atoms with van der Waals surface area (Å²) in [6, 6.07) is 4.36. The lowest BCUT2D eigenvalue weighted by molar-refractivity contribution is 0.353. The zero-order valence-corrected chi connectivity index (χ0v) is 11.3. The predicted molar refractivity (Wildman–Crippen MR) is 72.2 cm³/mol. The Morgan fingerprint density at radius 1 is 1.28 bits per heavy atom. The Labute approximate surface area is 108 Å². The van der Waals surface area contributed by atoms with E-state index in [4.69, 9.17) is 15.2 Å². The van der Waals surface area contributed by atoms with Gasteiger partial charge in [-0.25, -0.2) is 0 Å². The summed E-state index contributed by atoms with van der Waals surface area (Å²) < 4.78 is 10.6. The van der Waals surface area contributed by atoms with Gasteiger partial charge in [-0.15, -0.1) is 0 Å². The molecular weight excluding hydrogens is 228 g/mol. The molecule has 0 spiro atoms. The number of nitrogens with one attached hydrogen (secondary N) is 1. The van der Waals surface area contributed by atoms with Gasteiger partial charge in [-0.3, -0.25) is 0 Å². The minimum absolute atomic E-state index is 0.00676. The molecule has 1 aliphatic rings. The molecule has 0 saturated carbocycles. The highest BCUT2D eigenvalue weighted by Gasteiger charge is 2.24. The largest absolute Gasteiger partial charge is 0.493 e. The maximum Gasteiger partial charge on any atom is 0.161 e. The predicted octanol–water partition coefficient (Wildman–Crippen LogP) is 1.76. The molecule has 1 fully saturated rings. The smallest absolute Gasteiger partial charge is 0.161 e. The highest BCUT2D eigenvalue weighted by molar-refractivity contribution is 5.48. The third-order valence-corrected chi connectivity index (χ3v) is 3.66. The molecule has 3 N–H and O–H groups in total. The number of benzene rings is 1. The molecule has 1 heterocycles. The van der Waals surface area contributed by atoms with Crippen molar-refractivity contribution in [3.8, 4) is 11.5 Å². The first kappa shape index (κ1) is 13.2. The molecule has 2 unspecified atom stereocenters. The van der Waals surface area contributed by atoms with Crippen molar-refractivity contribution in [2.24, 2.45) is 5.73 Å². The molecule has 100 valence electrons. The summed E-state index contributed by atoms with van der Waals surface area (Å²) in [6.45, 7) is 3.12. The van der Waals surface area contributed by atoms with Crippen molar-refractivity contribution in [3.05, 3.63) is 23.3 Å². The SMILES string of the molecule is COc1cc(C)c(C(N)C2CCCN2)cc1OC. The number of hydrogen-bond donors (Lipinski definition) is 2. The maximum absolute atomic E-state index is 6.36. The minimum atomic E-state index is 0.00676. The quantitative estimate of drug-likeness (QED) is 0.855. The van der Waals surface area contributed by atoms with Gasteiger partial charge in [0.2, 0.25) is 0 Å². The molecule has 0 aliphatic carbocycles. The number of nitrogens with two attached hydrogens (primary N) is 1. The fourth-order valence-corrected chi connectivity index (χ4v) is 2.59. The van der Waals surface area contributed by atoms with Crippen LogP contribution >= 0.6 is 0 Å². The van der Waals surface area contributed by atoms with Crippen LogP contribution in [0.15, 0.2) is 12.1 Å². The van der Waals surface area contributed by atoms with E-state index >= 15 is 0 Å². The first-order chi connectivity index (χ1) is 8.67. The van der Waals surface area contributed by atoms with Crippen molar-refractivity contribution in [3.63, 3.8) is 0 Å². The van der Waals surface area contributed by atoms with Crippen molar-refractivity contribution in [2.45, 2.75) is 31.8 Å². The molecule has 1 saturated heterocycles. The van der Waals surface area contributed by atoms with Crippen LogP contribution in [0, 0.1) is 6.92 Å². The summed E-state index contributed by atoms with van der Waals surface area (Å²) in [6.07, 6.45) is 2.33. The van der Waals surface area contributed by atoms with Crippen molar-refractivity contribution in [2.75, 3.05) is 20.8 Å². The zero-order chi connectivity index (χ0) is 13.1. The van der Waals surface area contributed by atoms with Crippen molar-refractivity contribution in [1.29, 1.82) is 0 Å². The monoisotopic (exact) mass is 250 g/mol. The Bertz CT molecular complexity index is 415. The first-order valence-corrected chi connectivity index (χ1v) is 6.39. The molecule has 1 aromatic carbocycles. The second-order valence-electron chi connectivity index (χ2n) is 4.79. The average molecular weight is 250 g/mol. The summed E-state index contributed by atoms with van der Waals surface area (Å²) in [7, 11) is 3.30. The van der Waals surface area contributed by atoms with Gasteiger partial charge in [0.05, 0.1) is 14.2 Å². The molecule has 4 heteroatoms. The Hall–Kier alpha value is -1.26. The van der Waals surface area contributed by atoms with Crippen LogP contribution in [-0.4, -0.2) is 26.8 Å². The van der Waals surface area contributed by atoms with E-state index in [1.807, 2.05) is 12.1 Å². The number of hydrogen-bond acceptors (Lipinski definition) is 4. The molecule has 2 rings (SSSR count).